The van der Waals surface area contributed by atoms with E-state index in [0.29, 0.717) is 5.56 Å². The van der Waals surface area contributed by atoms with Crippen molar-refractivity contribution in [2.45, 2.75) is 52.6 Å². The molecule has 0 saturated carbocycles. The number of likely N-dealkylation sites (tertiary alicyclic amines) is 1. The first-order valence-corrected chi connectivity index (χ1v) is 11.5. The van der Waals surface area contributed by atoms with Gasteiger partial charge in [0.2, 0.25) is 0 Å². The number of pyridine rings is 1. The Morgan fingerprint density at radius 2 is 1.91 bits per heavy atom. The van der Waals surface area contributed by atoms with Crippen LogP contribution in [-0.2, 0) is 0 Å². The molecule has 1 aromatic carbocycles. The third-order valence-electron chi connectivity index (χ3n) is 6.05. The molecular formula is C26H33N5O. The Morgan fingerprint density at radius 1 is 1.19 bits per heavy atom. The van der Waals surface area contributed by atoms with Gasteiger partial charge >= 0.3 is 0 Å². The van der Waals surface area contributed by atoms with E-state index in [1.54, 1.807) is 6.20 Å². The molecule has 0 aliphatic carbocycles. The van der Waals surface area contributed by atoms with E-state index in [-0.39, 0.29) is 18.0 Å². The van der Waals surface area contributed by atoms with Crippen molar-refractivity contribution in [3.8, 4) is 11.3 Å². The summed E-state index contributed by atoms with van der Waals surface area (Å²) in [5.41, 5.74) is 4.53. The quantitative estimate of drug-likeness (QED) is 0.567. The van der Waals surface area contributed by atoms with Gasteiger partial charge in [-0.15, -0.1) is 0 Å². The molecule has 1 saturated heterocycles. The van der Waals surface area contributed by atoms with Crippen LogP contribution >= 0.6 is 0 Å². The van der Waals surface area contributed by atoms with E-state index in [9.17, 15) is 4.79 Å². The van der Waals surface area contributed by atoms with Crippen molar-refractivity contribution in [3.05, 3.63) is 59.8 Å². The lowest BCUT2D eigenvalue weighted by Crippen LogP contribution is -2.44. The predicted octanol–water partition coefficient (Wildman–Crippen LogP) is 4.84. The Hall–Kier alpha value is -2.99. The molecule has 32 heavy (non-hydrogen) atoms. The largest absolute Gasteiger partial charge is 0.349 e. The minimum absolute atomic E-state index is 0.0411. The minimum Gasteiger partial charge on any atom is -0.349 e. The van der Waals surface area contributed by atoms with Crippen LogP contribution in [0.15, 0.2) is 54.2 Å². The fourth-order valence-electron chi connectivity index (χ4n) is 4.18. The summed E-state index contributed by atoms with van der Waals surface area (Å²) in [6.07, 6.45) is 5.97. The molecule has 6 nitrogen and oxygen atoms in total. The first kappa shape index (κ1) is 22.2. The van der Waals surface area contributed by atoms with Gasteiger partial charge in [0.05, 0.1) is 22.8 Å². The molecule has 1 amide bonds. The first-order valence-electron chi connectivity index (χ1n) is 11.5. The Bertz CT molecular complexity index is 1100. The molecule has 4 rings (SSSR count). The molecule has 1 aliphatic heterocycles. The predicted molar refractivity (Wildman–Crippen MR) is 130 cm³/mol. The van der Waals surface area contributed by atoms with Gasteiger partial charge in [0.25, 0.3) is 5.91 Å². The average molecular weight is 432 g/mol. The molecule has 6 heteroatoms. The number of carbonyl (C=O) groups is 1. The van der Waals surface area contributed by atoms with E-state index >= 15 is 0 Å². The second-order valence-electron chi connectivity index (χ2n) is 9.17. The first-order chi connectivity index (χ1) is 15.4. The van der Waals surface area contributed by atoms with E-state index < -0.39 is 0 Å². The zero-order valence-electron chi connectivity index (χ0n) is 19.5. The van der Waals surface area contributed by atoms with Gasteiger partial charge < -0.3 is 5.32 Å². The maximum absolute atomic E-state index is 13.4. The molecular weight excluding hydrogens is 398 g/mol. The van der Waals surface area contributed by atoms with Crippen LogP contribution in [-0.4, -0.2) is 51.2 Å². The second-order valence-corrected chi connectivity index (χ2v) is 9.17. The van der Waals surface area contributed by atoms with Gasteiger partial charge in [-0.3, -0.25) is 9.69 Å². The van der Waals surface area contributed by atoms with Crippen LogP contribution in [0.25, 0.3) is 22.3 Å². The molecule has 1 aliphatic rings. The molecule has 168 valence electrons. The summed E-state index contributed by atoms with van der Waals surface area (Å²) in [5, 5.41) is 8.61. The van der Waals surface area contributed by atoms with Crippen LogP contribution in [0.4, 0.5) is 0 Å². The van der Waals surface area contributed by atoms with E-state index in [1.807, 2.05) is 41.1 Å². The molecule has 0 spiro atoms. The van der Waals surface area contributed by atoms with Gasteiger partial charge in [-0.25, -0.2) is 9.67 Å². The highest BCUT2D eigenvalue weighted by Gasteiger charge is 2.23. The zero-order chi connectivity index (χ0) is 22.7. The Morgan fingerprint density at radius 3 is 2.56 bits per heavy atom. The molecule has 0 bridgehead atoms. The molecule has 0 unspecified atom stereocenters. The highest BCUT2D eigenvalue weighted by molar-refractivity contribution is 6.06. The number of nitrogens with zero attached hydrogens (tertiary/aromatic N) is 4. The summed E-state index contributed by atoms with van der Waals surface area (Å²) < 4.78 is 1.89. The van der Waals surface area contributed by atoms with Gasteiger partial charge in [0, 0.05) is 37.3 Å². The highest BCUT2D eigenvalue weighted by atomic mass is 16.1. The number of carbonyl (C=O) groups excluding carboxylic acids is 1. The van der Waals surface area contributed by atoms with Crippen molar-refractivity contribution in [1.29, 1.82) is 0 Å². The summed E-state index contributed by atoms with van der Waals surface area (Å²) in [6.45, 7) is 11.4. The van der Waals surface area contributed by atoms with Crippen LogP contribution in [0.3, 0.4) is 0 Å². The van der Waals surface area contributed by atoms with Crippen molar-refractivity contribution in [1.82, 2.24) is 25.0 Å². The van der Waals surface area contributed by atoms with Gasteiger partial charge in [-0.05, 0) is 46.6 Å². The number of benzene rings is 1. The lowest BCUT2D eigenvalue weighted by Gasteiger charge is -2.31. The van der Waals surface area contributed by atoms with E-state index in [4.69, 9.17) is 4.98 Å². The van der Waals surface area contributed by atoms with Gasteiger partial charge in [-0.1, -0.05) is 42.0 Å². The van der Waals surface area contributed by atoms with Crippen LogP contribution in [0.5, 0.6) is 0 Å². The number of piperidine rings is 1. The van der Waals surface area contributed by atoms with Crippen molar-refractivity contribution in [3.63, 3.8) is 0 Å². The van der Waals surface area contributed by atoms with Gasteiger partial charge in [-0.2, -0.15) is 5.10 Å². The number of allylic oxidation sites excluding steroid dienone is 1. The van der Waals surface area contributed by atoms with Crippen LogP contribution in [0, 0.1) is 0 Å². The van der Waals surface area contributed by atoms with Gasteiger partial charge in [0.15, 0.2) is 5.65 Å². The van der Waals surface area contributed by atoms with E-state index in [2.05, 4.69) is 49.1 Å². The molecule has 2 aromatic heterocycles. The van der Waals surface area contributed by atoms with Gasteiger partial charge in [0.1, 0.15) is 0 Å². The molecule has 1 fully saturated rings. The zero-order valence-corrected chi connectivity index (χ0v) is 19.5. The van der Waals surface area contributed by atoms with Crippen LogP contribution in [0.1, 0.15) is 56.9 Å². The maximum atomic E-state index is 13.4. The fraction of sp³-hybridized carbons (Fsp3) is 0.423. The Balaban J connectivity index is 1.58. The Kier molecular flexibility index (Phi) is 6.70. The monoisotopic (exact) mass is 431 g/mol. The van der Waals surface area contributed by atoms with Crippen LogP contribution < -0.4 is 5.32 Å². The van der Waals surface area contributed by atoms with Crippen molar-refractivity contribution in [2.24, 2.45) is 0 Å². The average Bonchev–Trinajstić information content (AvgIpc) is 3.23. The molecule has 3 aromatic rings. The van der Waals surface area contributed by atoms with E-state index in [1.165, 1.54) is 5.57 Å². The van der Waals surface area contributed by atoms with Crippen molar-refractivity contribution < 1.29 is 4.79 Å². The second kappa shape index (κ2) is 9.65. The van der Waals surface area contributed by atoms with E-state index in [0.717, 1.165) is 54.8 Å². The number of nitrogens with one attached hydrogen (secondary N) is 1. The lowest BCUT2D eigenvalue weighted by atomic mass is 10.0. The number of rotatable bonds is 6. The molecule has 1 N–H and O–H groups in total. The number of hydrogen-bond acceptors (Lipinski definition) is 4. The summed E-state index contributed by atoms with van der Waals surface area (Å²) in [6, 6.07) is 12.3. The normalized spacial score (nSPS) is 15.3. The number of hydrogen-bond donors (Lipinski definition) is 1. The topological polar surface area (TPSA) is 63.1 Å². The van der Waals surface area contributed by atoms with Crippen molar-refractivity contribution >= 4 is 16.9 Å². The number of amides is 1. The third-order valence-corrected chi connectivity index (χ3v) is 6.05. The van der Waals surface area contributed by atoms with Crippen LogP contribution in [0.2, 0.25) is 0 Å². The fourth-order valence-corrected chi connectivity index (χ4v) is 4.18. The summed E-state index contributed by atoms with van der Waals surface area (Å²) in [4.78, 5) is 20.7. The molecule has 0 radical (unpaired) electrons. The molecule has 0 atom stereocenters. The highest BCUT2D eigenvalue weighted by Crippen LogP contribution is 2.26. The summed E-state index contributed by atoms with van der Waals surface area (Å²) in [5.74, 6) is -0.0411. The summed E-state index contributed by atoms with van der Waals surface area (Å²) >= 11 is 0. The number of fused-ring (bicyclic) bond motifs is 1. The standard InChI is InChI=1S/C26H33N5O/c1-18(2)10-13-30-14-11-21(12-15-30)28-26(32)22-16-24(20-8-6-5-7-9-20)29-25-23(22)17-27-31(25)19(3)4/h5-10,16-17,19,21H,11-15H2,1-4H3,(H,28,32). The van der Waals surface area contributed by atoms with Crippen molar-refractivity contribution in [2.75, 3.05) is 19.6 Å². The molecule has 3 heterocycles. The number of aromatic nitrogens is 3. The maximum Gasteiger partial charge on any atom is 0.252 e. The smallest absolute Gasteiger partial charge is 0.252 e. The summed E-state index contributed by atoms with van der Waals surface area (Å²) in [7, 11) is 0. The SMILES string of the molecule is CC(C)=CCN1CCC(NC(=O)c2cc(-c3ccccc3)nc3c2cnn3C(C)C)CC1. The lowest BCUT2D eigenvalue weighted by molar-refractivity contribution is 0.0915. The third kappa shape index (κ3) is 4.91. The minimum atomic E-state index is -0.0411. The Labute approximate surface area is 190 Å².